The lowest BCUT2D eigenvalue weighted by Gasteiger charge is -2.09. The molecule has 1 atom stereocenters. The van der Waals surface area contributed by atoms with Crippen molar-refractivity contribution in [3.8, 4) is 5.75 Å². The van der Waals surface area contributed by atoms with E-state index in [1.54, 1.807) is 18.2 Å². The van der Waals surface area contributed by atoms with Gasteiger partial charge in [-0.3, -0.25) is 0 Å². The minimum atomic E-state index is -0.234. The monoisotopic (exact) mass is 316 g/mol. The second kappa shape index (κ2) is 6.93. The van der Waals surface area contributed by atoms with Crippen LogP contribution in [0.2, 0.25) is 0 Å². The van der Waals surface area contributed by atoms with Crippen molar-refractivity contribution >= 4 is 35.9 Å². The molecule has 1 nitrogen and oxygen atoms in total. The van der Waals surface area contributed by atoms with Crippen LogP contribution in [0.4, 0.5) is 4.39 Å². The highest BCUT2D eigenvalue weighted by Crippen LogP contribution is 2.33. The van der Waals surface area contributed by atoms with Gasteiger partial charge in [0, 0.05) is 15.2 Å². The summed E-state index contributed by atoms with van der Waals surface area (Å²) in [4.78, 5) is 0. The molecule has 0 N–H and O–H groups in total. The lowest BCUT2D eigenvalue weighted by molar-refractivity contribution is 0.397. The first-order valence-electron chi connectivity index (χ1n) is 5.43. The van der Waals surface area contributed by atoms with Crippen molar-refractivity contribution in [3.63, 3.8) is 0 Å². The first-order chi connectivity index (χ1) is 8.24. The van der Waals surface area contributed by atoms with Crippen molar-refractivity contribution in [1.82, 2.24) is 0 Å². The van der Waals surface area contributed by atoms with Crippen LogP contribution in [0.5, 0.6) is 5.75 Å². The Bertz CT molecular complexity index is 502. The van der Waals surface area contributed by atoms with Gasteiger partial charge in [-0.05, 0) is 18.2 Å². The number of halogens is 2. The van der Waals surface area contributed by atoms with Crippen molar-refractivity contribution in [2.45, 2.75) is 13.8 Å². The van der Waals surface area contributed by atoms with Gasteiger partial charge in [0.2, 0.25) is 0 Å². The molecule has 0 saturated carbocycles. The molecule has 0 amide bonds. The van der Waals surface area contributed by atoms with Gasteiger partial charge in [0.25, 0.3) is 0 Å². The molecule has 17 heavy (non-hydrogen) atoms. The van der Waals surface area contributed by atoms with E-state index in [4.69, 9.17) is 4.74 Å². The van der Waals surface area contributed by atoms with Gasteiger partial charge >= 0.3 is 0 Å². The first kappa shape index (κ1) is 14.4. The van der Waals surface area contributed by atoms with Crippen LogP contribution >= 0.6 is 25.2 Å². The van der Waals surface area contributed by atoms with E-state index >= 15 is 0 Å². The Morgan fingerprint density at radius 3 is 2.59 bits per heavy atom. The Kier molecular flexibility index (Phi) is 5.87. The number of ether oxygens (including phenoxy) is 1. The molecule has 4 heteroatoms. The molecule has 0 heterocycles. The first-order valence-corrected chi connectivity index (χ1v) is 7.04. The maximum Gasteiger partial charge on any atom is 0.131 e. The molecule has 0 aliphatic rings. The second-order valence-electron chi connectivity index (χ2n) is 3.02. The van der Waals surface area contributed by atoms with Gasteiger partial charge in [0.1, 0.15) is 17.9 Å². The molecule has 0 aliphatic carbocycles. The molecule has 0 spiro atoms. The van der Waals surface area contributed by atoms with Crippen LogP contribution < -0.4 is 4.74 Å². The fraction of sp³-hybridized carbons (Fsp3) is 0.231. The van der Waals surface area contributed by atoms with E-state index < -0.39 is 0 Å². The zero-order valence-electron chi connectivity index (χ0n) is 9.84. The summed E-state index contributed by atoms with van der Waals surface area (Å²) >= 11 is 3.40. The van der Waals surface area contributed by atoms with Crippen molar-refractivity contribution in [3.05, 3.63) is 40.6 Å². The Balaban J connectivity index is 0.000000686. The fourth-order valence-corrected chi connectivity index (χ4v) is 2.23. The second-order valence-corrected chi connectivity index (χ2v) is 4.21. The van der Waals surface area contributed by atoms with Crippen LogP contribution in [0.1, 0.15) is 13.8 Å². The molecular weight excluding hydrogens is 302 g/mol. The Morgan fingerprint density at radius 1 is 1.24 bits per heavy atom. The highest BCUT2D eigenvalue weighted by Gasteiger charge is 2.08. The molecule has 0 fully saturated rings. The molecule has 92 valence electrons. The van der Waals surface area contributed by atoms with E-state index in [0.717, 1.165) is 9.86 Å². The third-order valence-corrected chi connectivity index (χ3v) is 2.96. The topological polar surface area (TPSA) is 9.23 Å². The summed E-state index contributed by atoms with van der Waals surface area (Å²) < 4.78 is 19.8. The molecule has 0 radical (unpaired) electrons. The van der Waals surface area contributed by atoms with Crippen molar-refractivity contribution < 1.29 is 9.13 Å². The highest BCUT2D eigenvalue weighted by atomic mass is 79.9. The molecule has 0 bridgehead atoms. The van der Waals surface area contributed by atoms with Crippen molar-refractivity contribution in [2.75, 3.05) is 6.35 Å². The molecule has 0 saturated heterocycles. The van der Waals surface area contributed by atoms with Crippen LogP contribution in [-0.2, 0) is 0 Å². The van der Waals surface area contributed by atoms with E-state index in [1.807, 2.05) is 19.9 Å². The van der Waals surface area contributed by atoms with Gasteiger partial charge in [-0.1, -0.05) is 51.1 Å². The summed E-state index contributed by atoms with van der Waals surface area (Å²) in [5, 5.41) is 1.35. The summed E-state index contributed by atoms with van der Waals surface area (Å²) in [5.41, 5.74) is 0. The van der Waals surface area contributed by atoms with Crippen LogP contribution in [0.15, 0.2) is 34.8 Å². The number of fused-ring (bicyclic) bond motifs is 1. The average molecular weight is 317 g/mol. The minimum Gasteiger partial charge on any atom is -0.489 e. The standard InChI is InChI=1S/C11H9BrFOP.C2H6/c12-8-4-5-9(13)7-2-1-3-10(11(7)8)14-6-15;1-2/h1-5H,6,15H2;1-2H3. The zero-order valence-corrected chi connectivity index (χ0v) is 12.6. The number of hydrogen-bond donors (Lipinski definition) is 0. The summed E-state index contributed by atoms with van der Waals surface area (Å²) in [5.74, 6) is 0.455. The third kappa shape index (κ3) is 3.17. The van der Waals surface area contributed by atoms with Crippen molar-refractivity contribution in [2.24, 2.45) is 0 Å². The molecule has 0 aliphatic heterocycles. The molecule has 2 aromatic carbocycles. The van der Waals surface area contributed by atoms with E-state index in [1.165, 1.54) is 6.07 Å². The van der Waals surface area contributed by atoms with E-state index in [9.17, 15) is 4.39 Å². The SMILES string of the molecule is CC.Fc1ccc(Br)c2c(OCP)cccc12. The predicted molar refractivity (Wildman–Crippen MR) is 78.2 cm³/mol. The smallest absolute Gasteiger partial charge is 0.131 e. The molecule has 1 unspecified atom stereocenters. The number of hydrogen-bond acceptors (Lipinski definition) is 1. The molecule has 2 aromatic rings. The largest absolute Gasteiger partial charge is 0.489 e. The van der Waals surface area contributed by atoms with E-state index in [0.29, 0.717) is 17.5 Å². The van der Waals surface area contributed by atoms with Gasteiger partial charge in [-0.2, -0.15) is 0 Å². The van der Waals surface area contributed by atoms with Crippen LogP contribution in [-0.4, -0.2) is 6.35 Å². The highest BCUT2D eigenvalue weighted by molar-refractivity contribution is 9.10. The van der Waals surface area contributed by atoms with Crippen LogP contribution in [0, 0.1) is 5.82 Å². The Labute approximate surface area is 112 Å². The number of benzene rings is 2. The van der Waals surface area contributed by atoms with E-state index in [-0.39, 0.29) is 5.82 Å². The normalized spacial score (nSPS) is 9.71. The fourth-order valence-electron chi connectivity index (χ4n) is 1.51. The zero-order chi connectivity index (χ0) is 12.8. The minimum absolute atomic E-state index is 0.234. The predicted octanol–water partition coefficient (Wildman–Crippen LogP) is 4.98. The Hall–Kier alpha value is -0.660. The van der Waals surface area contributed by atoms with Gasteiger partial charge in [-0.15, -0.1) is 0 Å². The molecule has 0 aromatic heterocycles. The quantitative estimate of drug-likeness (QED) is 0.710. The maximum absolute atomic E-state index is 13.5. The van der Waals surface area contributed by atoms with Gasteiger partial charge in [-0.25, -0.2) is 4.39 Å². The lowest BCUT2D eigenvalue weighted by Crippen LogP contribution is -1.91. The molecule has 2 rings (SSSR count). The van der Waals surface area contributed by atoms with Crippen LogP contribution in [0.3, 0.4) is 0 Å². The summed E-state index contributed by atoms with van der Waals surface area (Å²) in [6, 6.07) is 8.49. The summed E-state index contributed by atoms with van der Waals surface area (Å²) in [7, 11) is 2.48. The lowest BCUT2D eigenvalue weighted by atomic mass is 10.1. The van der Waals surface area contributed by atoms with Gasteiger partial charge in [0.05, 0.1) is 0 Å². The number of rotatable bonds is 2. The average Bonchev–Trinajstić information content (AvgIpc) is 2.37. The molecular formula is C13H15BrFOP. The van der Waals surface area contributed by atoms with Crippen molar-refractivity contribution in [1.29, 1.82) is 0 Å². The summed E-state index contributed by atoms with van der Waals surface area (Å²) in [6.45, 7) is 4.00. The van der Waals surface area contributed by atoms with Crippen LogP contribution in [0.25, 0.3) is 10.8 Å². The maximum atomic E-state index is 13.5. The van der Waals surface area contributed by atoms with E-state index in [2.05, 4.69) is 25.2 Å². The Morgan fingerprint density at radius 2 is 1.94 bits per heavy atom. The van der Waals surface area contributed by atoms with Gasteiger partial charge < -0.3 is 4.74 Å². The third-order valence-electron chi connectivity index (χ3n) is 2.14. The van der Waals surface area contributed by atoms with Gasteiger partial charge in [0.15, 0.2) is 0 Å². The summed E-state index contributed by atoms with van der Waals surface area (Å²) in [6.07, 6.45) is 0.488.